The van der Waals surface area contributed by atoms with Crippen LogP contribution in [-0.2, 0) is 0 Å². The van der Waals surface area contributed by atoms with Crippen molar-refractivity contribution < 1.29 is 4.79 Å². The van der Waals surface area contributed by atoms with Crippen LogP contribution in [0.4, 0.5) is 10.5 Å². The highest BCUT2D eigenvalue weighted by Gasteiger charge is 2.21. The SMILES string of the molecule is Cc1nc(C(NC(=O)Nc2ccc(Br)cc2C)c2ccccc2)n[nH]1. The fourth-order valence-corrected chi connectivity index (χ4v) is 2.96. The number of aromatic amines is 1. The maximum atomic E-state index is 12.5. The molecule has 1 aromatic heterocycles. The first kappa shape index (κ1) is 17.2. The molecule has 0 aliphatic rings. The van der Waals surface area contributed by atoms with Crippen LogP contribution in [0, 0.1) is 13.8 Å². The number of urea groups is 1. The number of rotatable bonds is 4. The van der Waals surface area contributed by atoms with Gasteiger partial charge in [0.05, 0.1) is 0 Å². The number of hydrogen-bond donors (Lipinski definition) is 3. The summed E-state index contributed by atoms with van der Waals surface area (Å²) in [6, 6.07) is 14.5. The summed E-state index contributed by atoms with van der Waals surface area (Å²) in [6.07, 6.45) is 0. The molecule has 0 fully saturated rings. The summed E-state index contributed by atoms with van der Waals surface area (Å²) in [5.74, 6) is 1.22. The smallest absolute Gasteiger partial charge is 0.320 e. The fourth-order valence-electron chi connectivity index (χ4n) is 2.49. The highest BCUT2D eigenvalue weighted by atomic mass is 79.9. The normalized spacial score (nSPS) is 11.8. The molecule has 2 amide bonds. The maximum absolute atomic E-state index is 12.5. The van der Waals surface area contributed by atoms with Crippen LogP contribution in [0.15, 0.2) is 53.0 Å². The molecule has 25 heavy (non-hydrogen) atoms. The Morgan fingerprint density at radius 3 is 2.56 bits per heavy atom. The Bertz CT molecular complexity index is 878. The number of hydrogen-bond acceptors (Lipinski definition) is 3. The number of aromatic nitrogens is 3. The van der Waals surface area contributed by atoms with Crippen LogP contribution in [0.2, 0.25) is 0 Å². The van der Waals surface area contributed by atoms with Gasteiger partial charge in [0, 0.05) is 10.2 Å². The average Bonchev–Trinajstić information content (AvgIpc) is 3.02. The highest BCUT2D eigenvalue weighted by Crippen LogP contribution is 2.22. The van der Waals surface area contributed by atoms with Crippen molar-refractivity contribution in [2.24, 2.45) is 0 Å². The van der Waals surface area contributed by atoms with Crippen LogP contribution < -0.4 is 10.6 Å². The lowest BCUT2D eigenvalue weighted by molar-refractivity contribution is 0.249. The van der Waals surface area contributed by atoms with Crippen LogP contribution in [0.3, 0.4) is 0 Å². The van der Waals surface area contributed by atoms with Gasteiger partial charge in [0.2, 0.25) is 0 Å². The van der Waals surface area contributed by atoms with Crippen LogP contribution in [-0.4, -0.2) is 21.2 Å². The zero-order valence-electron chi connectivity index (χ0n) is 13.9. The standard InChI is InChI=1S/C18H18BrN5O/c1-11-10-14(19)8-9-15(11)21-18(25)22-16(13-6-4-3-5-7-13)17-20-12(2)23-24-17/h3-10,16H,1-2H3,(H,20,23,24)(H2,21,22,25). The zero-order chi connectivity index (χ0) is 17.8. The van der Waals surface area contributed by atoms with Crippen molar-refractivity contribution in [3.63, 3.8) is 0 Å². The first-order valence-electron chi connectivity index (χ1n) is 7.80. The third-order valence-corrected chi connectivity index (χ3v) is 4.21. The van der Waals surface area contributed by atoms with E-state index in [0.717, 1.165) is 21.3 Å². The van der Waals surface area contributed by atoms with Gasteiger partial charge in [0.25, 0.3) is 0 Å². The minimum Gasteiger partial charge on any atom is -0.324 e. The number of amides is 2. The minimum atomic E-state index is -0.443. The third-order valence-electron chi connectivity index (χ3n) is 3.72. The Morgan fingerprint density at radius 2 is 1.92 bits per heavy atom. The summed E-state index contributed by atoms with van der Waals surface area (Å²) in [5, 5.41) is 12.8. The van der Waals surface area contributed by atoms with Crippen molar-refractivity contribution in [3.05, 3.63) is 75.8 Å². The number of aryl methyl sites for hydroxylation is 2. The van der Waals surface area contributed by atoms with Crippen molar-refractivity contribution >= 4 is 27.6 Å². The first-order chi connectivity index (χ1) is 12.0. The molecule has 0 spiro atoms. The topological polar surface area (TPSA) is 82.7 Å². The second-order valence-corrected chi connectivity index (χ2v) is 6.60. The number of halogens is 1. The Kier molecular flexibility index (Phi) is 5.14. The van der Waals surface area contributed by atoms with E-state index in [1.807, 2.05) is 62.4 Å². The molecule has 2 aromatic carbocycles. The Balaban J connectivity index is 1.81. The van der Waals surface area contributed by atoms with Gasteiger partial charge in [0.1, 0.15) is 11.9 Å². The van der Waals surface area contributed by atoms with Crippen molar-refractivity contribution in [1.82, 2.24) is 20.5 Å². The third kappa shape index (κ3) is 4.24. The van der Waals surface area contributed by atoms with Crippen LogP contribution in [0.1, 0.15) is 28.8 Å². The molecule has 3 rings (SSSR count). The largest absolute Gasteiger partial charge is 0.324 e. The van der Waals surface area contributed by atoms with E-state index >= 15 is 0 Å². The lowest BCUT2D eigenvalue weighted by atomic mass is 10.1. The Hall–Kier alpha value is -2.67. The first-order valence-corrected chi connectivity index (χ1v) is 8.60. The number of carbonyl (C=O) groups excluding carboxylic acids is 1. The van der Waals surface area contributed by atoms with Gasteiger partial charge in [-0.15, -0.1) is 0 Å². The molecule has 0 aliphatic heterocycles. The van der Waals surface area contributed by atoms with E-state index in [9.17, 15) is 4.79 Å². The molecule has 0 radical (unpaired) electrons. The molecule has 7 heteroatoms. The predicted octanol–water partition coefficient (Wildman–Crippen LogP) is 4.10. The van der Waals surface area contributed by atoms with E-state index in [2.05, 4.69) is 41.7 Å². The van der Waals surface area contributed by atoms with E-state index in [1.165, 1.54) is 0 Å². The summed E-state index contributed by atoms with van der Waals surface area (Å²) < 4.78 is 0.967. The quantitative estimate of drug-likeness (QED) is 0.617. The molecule has 0 bridgehead atoms. The molecule has 1 unspecified atom stereocenters. The molecule has 128 valence electrons. The van der Waals surface area contributed by atoms with Gasteiger partial charge < -0.3 is 10.6 Å². The lowest BCUT2D eigenvalue weighted by Gasteiger charge is -2.17. The lowest BCUT2D eigenvalue weighted by Crippen LogP contribution is -2.34. The highest BCUT2D eigenvalue weighted by molar-refractivity contribution is 9.10. The van der Waals surface area contributed by atoms with Crippen molar-refractivity contribution in [3.8, 4) is 0 Å². The second-order valence-electron chi connectivity index (χ2n) is 5.68. The summed E-state index contributed by atoms with van der Waals surface area (Å²) in [6.45, 7) is 3.76. The average molecular weight is 400 g/mol. The monoisotopic (exact) mass is 399 g/mol. The number of nitrogens with zero attached hydrogens (tertiary/aromatic N) is 2. The second kappa shape index (κ2) is 7.48. The fraction of sp³-hybridized carbons (Fsp3) is 0.167. The van der Waals surface area contributed by atoms with Gasteiger partial charge in [-0.25, -0.2) is 9.78 Å². The number of nitrogens with one attached hydrogen (secondary N) is 3. The molecule has 1 heterocycles. The van der Waals surface area contributed by atoms with Crippen molar-refractivity contribution in [2.75, 3.05) is 5.32 Å². The number of benzene rings is 2. The van der Waals surface area contributed by atoms with Gasteiger partial charge in [-0.3, -0.25) is 5.10 Å². The molecule has 0 saturated heterocycles. The summed E-state index contributed by atoms with van der Waals surface area (Å²) in [5.41, 5.74) is 2.62. The summed E-state index contributed by atoms with van der Waals surface area (Å²) in [7, 11) is 0. The van der Waals surface area contributed by atoms with Crippen LogP contribution in [0.5, 0.6) is 0 Å². The molecule has 3 aromatic rings. The van der Waals surface area contributed by atoms with Gasteiger partial charge in [-0.05, 0) is 43.2 Å². The summed E-state index contributed by atoms with van der Waals surface area (Å²) in [4.78, 5) is 16.9. The van der Waals surface area contributed by atoms with E-state index in [1.54, 1.807) is 0 Å². The van der Waals surface area contributed by atoms with Gasteiger partial charge in [0.15, 0.2) is 5.82 Å². The number of H-pyrrole nitrogens is 1. The zero-order valence-corrected chi connectivity index (χ0v) is 15.5. The van der Waals surface area contributed by atoms with E-state index < -0.39 is 6.04 Å². The molecule has 1 atom stereocenters. The van der Waals surface area contributed by atoms with Crippen molar-refractivity contribution in [1.29, 1.82) is 0 Å². The van der Waals surface area contributed by atoms with E-state index in [4.69, 9.17) is 0 Å². The van der Waals surface area contributed by atoms with E-state index in [-0.39, 0.29) is 6.03 Å². The molecular formula is C18H18BrN5O. The van der Waals surface area contributed by atoms with Gasteiger partial charge in [-0.2, -0.15) is 5.10 Å². The Labute approximate surface area is 154 Å². The molecule has 0 aliphatic carbocycles. The summed E-state index contributed by atoms with van der Waals surface area (Å²) >= 11 is 3.42. The molecule has 6 nitrogen and oxygen atoms in total. The van der Waals surface area contributed by atoms with Crippen molar-refractivity contribution in [2.45, 2.75) is 19.9 Å². The molecule has 3 N–H and O–H groups in total. The van der Waals surface area contributed by atoms with E-state index in [0.29, 0.717) is 11.6 Å². The predicted molar refractivity (Wildman–Crippen MR) is 100 cm³/mol. The number of anilines is 1. The molecule has 0 saturated carbocycles. The maximum Gasteiger partial charge on any atom is 0.320 e. The van der Waals surface area contributed by atoms with Crippen LogP contribution in [0.25, 0.3) is 0 Å². The minimum absolute atomic E-state index is 0.318. The number of carbonyl (C=O) groups is 1. The van der Waals surface area contributed by atoms with Crippen LogP contribution >= 0.6 is 15.9 Å². The van der Waals surface area contributed by atoms with Gasteiger partial charge in [-0.1, -0.05) is 46.3 Å². The Morgan fingerprint density at radius 1 is 1.16 bits per heavy atom. The van der Waals surface area contributed by atoms with Gasteiger partial charge >= 0.3 is 6.03 Å². The molecular weight excluding hydrogens is 382 g/mol.